The van der Waals surface area contributed by atoms with Crippen molar-refractivity contribution in [1.82, 2.24) is 10.2 Å². The van der Waals surface area contributed by atoms with Gasteiger partial charge in [0.05, 0.1) is 0 Å². The average molecular weight is 416 g/mol. The summed E-state index contributed by atoms with van der Waals surface area (Å²) >= 11 is 1.65. The number of nitrogens with zero attached hydrogens (tertiary/aromatic N) is 2. The monoisotopic (exact) mass is 415 g/mol. The van der Waals surface area contributed by atoms with Gasteiger partial charge in [-0.2, -0.15) is 11.8 Å². The number of nitrogens with one attached hydrogen (secondary N) is 1. The van der Waals surface area contributed by atoms with E-state index in [4.69, 9.17) is 0 Å². The third-order valence-electron chi connectivity index (χ3n) is 5.03. The Balaban J connectivity index is 1.60. The van der Waals surface area contributed by atoms with Gasteiger partial charge in [0.2, 0.25) is 5.91 Å². The van der Waals surface area contributed by atoms with Crippen LogP contribution in [0.25, 0.3) is 0 Å². The van der Waals surface area contributed by atoms with Crippen LogP contribution >= 0.6 is 11.8 Å². The fraction of sp³-hybridized carbons (Fsp3) is 0.364. The van der Waals surface area contributed by atoms with E-state index in [9.17, 15) is 14.0 Å². The summed E-state index contributed by atoms with van der Waals surface area (Å²) in [6, 6.07) is 14.8. The van der Waals surface area contributed by atoms with Gasteiger partial charge in [0.15, 0.2) is 0 Å². The van der Waals surface area contributed by atoms with Gasteiger partial charge in [0.1, 0.15) is 11.9 Å². The molecule has 0 bridgehead atoms. The Labute approximate surface area is 175 Å². The van der Waals surface area contributed by atoms with Crippen LogP contribution in [0, 0.1) is 5.82 Å². The average Bonchev–Trinajstić information content (AvgIpc) is 2.77. The first-order valence-electron chi connectivity index (χ1n) is 9.72. The van der Waals surface area contributed by atoms with Gasteiger partial charge in [-0.1, -0.05) is 18.2 Å². The zero-order chi connectivity index (χ0) is 20.6. The van der Waals surface area contributed by atoms with E-state index in [2.05, 4.69) is 10.2 Å². The summed E-state index contributed by atoms with van der Waals surface area (Å²) in [5.74, 6) is 0.270. The molecule has 1 atom stereocenters. The van der Waals surface area contributed by atoms with Crippen molar-refractivity contribution in [3.05, 3.63) is 66.0 Å². The van der Waals surface area contributed by atoms with Gasteiger partial charge in [-0.3, -0.25) is 9.59 Å². The standard InChI is InChI=1S/C22H26FN3O2S/c1-29-16-11-20(24-21(27)17-5-3-2-4-6-17)22(28)26-14-12-25(13-15-26)19-9-7-18(23)8-10-19/h2-10,20H,11-16H2,1H3,(H,24,27)/t20-/m1/s1. The molecule has 2 aromatic rings. The zero-order valence-electron chi connectivity index (χ0n) is 16.5. The number of piperazine rings is 1. The van der Waals surface area contributed by atoms with Crippen LogP contribution in [0.1, 0.15) is 16.8 Å². The van der Waals surface area contributed by atoms with E-state index in [-0.39, 0.29) is 17.6 Å². The summed E-state index contributed by atoms with van der Waals surface area (Å²) in [5.41, 5.74) is 1.50. The van der Waals surface area contributed by atoms with Crippen LogP contribution in [0.15, 0.2) is 54.6 Å². The van der Waals surface area contributed by atoms with Crippen molar-refractivity contribution >= 4 is 29.3 Å². The number of thioether (sulfide) groups is 1. The first-order valence-corrected chi connectivity index (χ1v) is 11.1. The normalized spacial score (nSPS) is 15.1. The molecular formula is C22H26FN3O2S. The molecular weight excluding hydrogens is 389 g/mol. The lowest BCUT2D eigenvalue weighted by atomic mass is 10.1. The summed E-state index contributed by atoms with van der Waals surface area (Å²) in [6.45, 7) is 2.51. The molecule has 1 aliphatic heterocycles. The van der Waals surface area contributed by atoms with E-state index in [1.807, 2.05) is 29.4 Å². The molecule has 3 rings (SSSR count). The lowest BCUT2D eigenvalue weighted by Gasteiger charge is -2.37. The van der Waals surface area contributed by atoms with E-state index in [0.717, 1.165) is 11.4 Å². The van der Waals surface area contributed by atoms with Crippen LogP contribution < -0.4 is 10.2 Å². The largest absolute Gasteiger partial charge is 0.368 e. The molecule has 1 N–H and O–H groups in total. The molecule has 1 saturated heterocycles. The third-order valence-corrected chi connectivity index (χ3v) is 5.68. The highest BCUT2D eigenvalue weighted by atomic mass is 32.2. The molecule has 2 amide bonds. The Morgan fingerprint density at radius 3 is 2.31 bits per heavy atom. The van der Waals surface area contributed by atoms with Gasteiger partial charge in [0.25, 0.3) is 5.91 Å². The summed E-state index contributed by atoms with van der Waals surface area (Å²) in [5, 5.41) is 2.92. The van der Waals surface area contributed by atoms with E-state index < -0.39 is 6.04 Å². The van der Waals surface area contributed by atoms with Crippen LogP contribution in [0.5, 0.6) is 0 Å². The number of hydrogen-bond donors (Lipinski definition) is 1. The zero-order valence-corrected chi connectivity index (χ0v) is 17.3. The molecule has 29 heavy (non-hydrogen) atoms. The molecule has 7 heteroatoms. The number of rotatable bonds is 7. The van der Waals surface area contributed by atoms with Gasteiger partial charge >= 0.3 is 0 Å². The van der Waals surface area contributed by atoms with Crippen molar-refractivity contribution in [2.24, 2.45) is 0 Å². The topological polar surface area (TPSA) is 52.7 Å². The second-order valence-electron chi connectivity index (χ2n) is 6.96. The predicted octanol–water partition coefficient (Wildman–Crippen LogP) is 3.03. The van der Waals surface area contributed by atoms with Crippen LogP contribution in [-0.2, 0) is 4.79 Å². The van der Waals surface area contributed by atoms with E-state index >= 15 is 0 Å². The van der Waals surface area contributed by atoms with Gasteiger partial charge < -0.3 is 15.1 Å². The van der Waals surface area contributed by atoms with Gasteiger partial charge in [0, 0.05) is 37.4 Å². The van der Waals surface area contributed by atoms with Gasteiger partial charge in [-0.05, 0) is 54.8 Å². The van der Waals surface area contributed by atoms with Crippen LogP contribution in [0.4, 0.5) is 10.1 Å². The molecule has 0 radical (unpaired) electrons. The second kappa shape index (κ2) is 10.3. The van der Waals surface area contributed by atoms with Crippen LogP contribution in [0.2, 0.25) is 0 Å². The number of benzene rings is 2. The van der Waals surface area contributed by atoms with Crippen molar-refractivity contribution in [3.63, 3.8) is 0 Å². The quantitative estimate of drug-likeness (QED) is 0.755. The van der Waals surface area contributed by atoms with Crippen LogP contribution in [0.3, 0.4) is 0 Å². The molecule has 0 aliphatic carbocycles. The van der Waals surface area contributed by atoms with Crippen molar-refractivity contribution in [2.45, 2.75) is 12.5 Å². The fourth-order valence-corrected chi connectivity index (χ4v) is 3.85. The summed E-state index contributed by atoms with van der Waals surface area (Å²) < 4.78 is 13.1. The minimum Gasteiger partial charge on any atom is -0.368 e. The Kier molecular flexibility index (Phi) is 7.52. The van der Waals surface area contributed by atoms with Crippen molar-refractivity contribution in [3.8, 4) is 0 Å². The maximum absolute atomic E-state index is 13.1. The molecule has 0 spiro atoms. The Morgan fingerprint density at radius 2 is 1.69 bits per heavy atom. The Morgan fingerprint density at radius 1 is 1.03 bits per heavy atom. The maximum atomic E-state index is 13.1. The molecule has 154 valence electrons. The number of amides is 2. The number of halogens is 1. The van der Waals surface area contributed by atoms with Gasteiger partial charge in [-0.25, -0.2) is 4.39 Å². The second-order valence-corrected chi connectivity index (χ2v) is 7.95. The SMILES string of the molecule is CSCC[C@@H](NC(=O)c1ccccc1)C(=O)N1CCN(c2ccc(F)cc2)CC1. The predicted molar refractivity (Wildman–Crippen MR) is 116 cm³/mol. The highest BCUT2D eigenvalue weighted by Gasteiger charge is 2.28. The third kappa shape index (κ3) is 5.73. The molecule has 1 fully saturated rings. The smallest absolute Gasteiger partial charge is 0.251 e. The molecule has 2 aromatic carbocycles. The molecule has 0 saturated carbocycles. The first-order chi connectivity index (χ1) is 14.1. The lowest BCUT2D eigenvalue weighted by molar-refractivity contribution is -0.133. The van der Waals surface area contributed by atoms with E-state index in [1.54, 1.807) is 36.0 Å². The van der Waals surface area contributed by atoms with E-state index in [1.165, 1.54) is 12.1 Å². The first kappa shape index (κ1) is 21.2. The summed E-state index contributed by atoms with van der Waals surface area (Å²) in [6.07, 6.45) is 2.58. The van der Waals surface area contributed by atoms with Crippen LogP contribution in [-0.4, -0.2) is 60.9 Å². The molecule has 5 nitrogen and oxygen atoms in total. The van der Waals surface area contributed by atoms with Crippen molar-refractivity contribution in [1.29, 1.82) is 0 Å². The lowest BCUT2D eigenvalue weighted by Crippen LogP contribution is -2.55. The maximum Gasteiger partial charge on any atom is 0.251 e. The van der Waals surface area contributed by atoms with Gasteiger partial charge in [-0.15, -0.1) is 0 Å². The van der Waals surface area contributed by atoms with E-state index in [0.29, 0.717) is 38.2 Å². The van der Waals surface area contributed by atoms with Crippen molar-refractivity contribution < 1.29 is 14.0 Å². The van der Waals surface area contributed by atoms with Crippen molar-refractivity contribution in [2.75, 3.05) is 43.1 Å². The number of carbonyl (C=O) groups is 2. The Bertz CT molecular complexity index is 809. The summed E-state index contributed by atoms with van der Waals surface area (Å²) in [7, 11) is 0. The fourth-order valence-electron chi connectivity index (χ4n) is 3.38. The molecule has 0 unspecified atom stereocenters. The summed E-state index contributed by atoms with van der Waals surface area (Å²) in [4.78, 5) is 29.6. The highest BCUT2D eigenvalue weighted by molar-refractivity contribution is 7.98. The molecule has 1 heterocycles. The molecule has 1 aliphatic rings. The Hall–Kier alpha value is -2.54. The highest BCUT2D eigenvalue weighted by Crippen LogP contribution is 2.18. The number of anilines is 1. The number of carbonyl (C=O) groups excluding carboxylic acids is 2. The molecule has 0 aromatic heterocycles. The minimum atomic E-state index is -0.535. The number of hydrogen-bond acceptors (Lipinski definition) is 4. The minimum absolute atomic E-state index is 0.0397.